The minimum absolute atomic E-state index is 0.139. The number of aliphatic imine (C=N–C) groups is 2. The number of hydrogen-bond donors (Lipinski definition) is 2. The molecule has 5 nitrogen and oxygen atoms in total. The predicted molar refractivity (Wildman–Crippen MR) is 71.5 cm³/mol. The second-order valence-electron chi connectivity index (χ2n) is 3.77. The van der Waals surface area contributed by atoms with Gasteiger partial charge in [0.2, 0.25) is 5.96 Å². The summed E-state index contributed by atoms with van der Waals surface area (Å²) in [6.07, 6.45) is 3.47. The molecule has 0 saturated carbocycles. The molecule has 1 aromatic carbocycles. The third-order valence-electron chi connectivity index (χ3n) is 2.50. The Hall–Kier alpha value is -1.66. The topological polar surface area (TPSA) is 66.0 Å². The van der Waals surface area contributed by atoms with Crippen molar-refractivity contribution in [1.29, 1.82) is 0 Å². The van der Waals surface area contributed by atoms with Gasteiger partial charge in [-0.15, -0.1) is 0 Å². The number of fused-ring (bicyclic) bond motifs is 1. The molecule has 2 heterocycles. The normalized spacial score (nSPS) is 22.2. The first-order valence-corrected chi connectivity index (χ1v) is 5.92. The van der Waals surface area contributed by atoms with E-state index in [1.807, 2.05) is 30.5 Å². The summed E-state index contributed by atoms with van der Waals surface area (Å²) in [5.41, 5.74) is 10.7. The van der Waals surface area contributed by atoms with Gasteiger partial charge in [0.1, 0.15) is 6.17 Å². The molecule has 0 fully saturated rings. The number of halogens is 1. The summed E-state index contributed by atoms with van der Waals surface area (Å²) in [5.74, 6) is 0.653. The van der Waals surface area contributed by atoms with E-state index in [2.05, 4.69) is 31.3 Å². The van der Waals surface area contributed by atoms with Crippen molar-refractivity contribution in [3.05, 3.63) is 40.5 Å². The minimum Gasteiger partial charge on any atom is -0.399 e. The molecule has 0 aliphatic carbocycles. The van der Waals surface area contributed by atoms with Gasteiger partial charge in [0, 0.05) is 18.1 Å². The monoisotopic (exact) mass is 291 g/mol. The van der Waals surface area contributed by atoms with Crippen LogP contribution in [0.25, 0.3) is 0 Å². The molecule has 0 aromatic heterocycles. The fourth-order valence-corrected chi connectivity index (χ4v) is 2.05. The molecule has 17 heavy (non-hydrogen) atoms. The summed E-state index contributed by atoms with van der Waals surface area (Å²) >= 11 is 3.37. The van der Waals surface area contributed by atoms with Gasteiger partial charge >= 0.3 is 0 Å². The summed E-state index contributed by atoms with van der Waals surface area (Å²) in [6, 6.07) is 7.66. The van der Waals surface area contributed by atoms with Crippen molar-refractivity contribution in [3.63, 3.8) is 0 Å². The van der Waals surface area contributed by atoms with Crippen LogP contribution in [0.2, 0.25) is 0 Å². The summed E-state index contributed by atoms with van der Waals surface area (Å²) in [7, 11) is 0. The van der Waals surface area contributed by atoms with Gasteiger partial charge in [0.05, 0.1) is 4.48 Å². The van der Waals surface area contributed by atoms with E-state index in [-0.39, 0.29) is 6.17 Å². The number of benzene rings is 1. The van der Waals surface area contributed by atoms with Gasteiger partial charge in [0.15, 0.2) is 0 Å². The third-order valence-corrected chi connectivity index (χ3v) is 2.91. The maximum Gasteiger partial charge on any atom is 0.241 e. The van der Waals surface area contributed by atoms with Crippen LogP contribution >= 0.6 is 15.9 Å². The van der Waals surface area contributed by atoms with Crippen LogP contribution in [0, 0.1) is 0 Å². The molecule has 1 aromatic rings. The van der Waals surface area contributed by atoms with Crippen LogP contribution in [-0.4, -0.2) is 17.2 Å². The van der Waals surface area contributed by atoms with Gasteiger partial charge in [-0.2, -0.15) is 5.43 Å². The second-order valence-corrected chi connectivity index (χ2v) is 4.69. The molecule has 0 bridgehead atoms. The van der Waals surface area contributed by atoms with Crippen molar-refractivity contribution >= 4 is 33.8 Å². The summed E-state index contributed by atoms with van der Waals surface area (Å²) in [4.78, 5) is 8.68. The molecule has 1 atom stereocenters. The maximum absolute atomic E-state index is 5.76. The predicted octanol–water partition coefficient (Wildman–Crippen LogP) is 1.76. The second kappa shape index (κ2) is 3.97. The molecule has 86 valence electrons. The van der Waals surface area contributed by atoms with E-state index in [4.69, 9.17) is 5.73 Å². The minimum atomic E-state index is -0.139. The molecule has 0 saturated heterocycles. The fourth-order valence-electron chi connectivity index (χ4n) is 1.74. The number of hydrogen-bond acceptors (Lipinski definition) is 5. The standard InChI is InChI=1S/C11H10BrN5/c12-8-5-14-11-15-10(16-17(11)6-8)7-2-1-3-9(13)4-7/h1-6,10,16H,13H2. The lowest BCUT2D eigenvalue weighted by atomic mass is 10.1. The Morgan fingerprint density at radius 1 is 1.41 bits per heavy atom. The van der Waals surface area contributed by atoms with Crippen LogP contribution in [0.4, 0.5) is 5.69 Å². The largest absolute Gasteiger partial charge is 0.399 e. The molecule has 0 radical (unpaired) electrons. The number of rotatable bonds is 1. The van der Waals surface area contributed by atoms with Crippen molar-refractivity contribution in [3.8, 4) is 0 Å². The number of hydrazine groups is 1. The van der Waals surface area contributed by atoms with Crippen LogP contribution in [0.3, 0.4) is 0 Å². The average molecular weight is 292 g/mol. The first-order valence-electron chi connectivity index (χ1n) is 5.12. The first-order chi connectivity index (χ1) is 8.22. The van der Waals surface area contributed by atoms with Crippen molar-refractivity contribution in [2.75, 3.05) is 5.73 Å². The number of nitrogens with one attached hydrogen (secondary N) is 1. The van der Waals surface area contributed by atoms with Gasteiger partial charge in [-0.3, -0.25) is 0 Å². The number of guanidine groups is 1. The Morgan fingerprint density at radius 3 is 3.12 bits per heavy atom. The molecule has 3 rings (SSSR count). The maximum atomic E-state index is 5.76. The van der Waals surface area contributed by atoms with Crippen molar-refractivity contribution in [2.45, 2.75) is 6.17 Å². The molecule has 2 aliphatic rings. The molecule has 0 spiro atoms. The highest BCUT2D eigenvalue weighted by molar-refractivity contribution is 9.12. The van der Waals surface area contributed by atoms with Crippen LogP contribution in [-0.2, 0) is 0 Å². The van der Waals surface area contributed by atoms with E-state index in [1.54, 1.807) is 11.2 Å². The molecule has 0 amide bonds. The van der Waals surface area contributed by atoms with Gasteiger partial charge in [-0.1, -0.05) is 12.1 Å². The van der Waals surface area contributed by atoms with Crippen LogP contribution < -0.4 is 11.2 Å². The molecule has 6 heteroatoms. The van der Waals surface area contributed by atoms with Crippen LogP contribution in [0.1, 0.15) is 11.7 Å². The van der Waals surface area contributed by atoms with E-state index in [0.717, 1.165) is 15.7 Å². The number of nitrogen functional groups attached to an aromatic ring is 1. The highest BCUT2D eigenvalue weighted by Gasteiger charge is 2.25. The lowest BCUT2D eigenvalue weighted by Gasteiger charge is -2.17. The molecule has 3 N–H and O–H groups in total. The Labute approximate surface area is 107 Å². The Kier molecular flexibility index (Phi) is 2.45. The smallest absolute Gasteiger partial charge is 0.241 e. The fraction of sp³-hybridized carbons (Fsp3) is 0.0909. The third kappa shape index (κ3) is 1.96. The Balaban J connectivity index is 1.90. The van der Waals surface area contributed by atoms with Gasteiger partial charge in [-0.25, -0.2) is 15.0 Å². The highest BCUT2D eigenvalue weighted by Crippen LogP contribution is 2.24. The van der Waals surface area contributed by atoms with Crippen molar-refractivity contribution in [1.82, 2.24) is 10.4 Å². The zero-order valence-corrected chi connectivity index (χ0v) is 10.4. The Bertz CT molecular complexity index is 549. The highest BCUT2D eigenvalue weighted by atomic mass is 79.9. The number of nitrogens with two attached hydrogens (primary N) is 1. The summed E-state index contributed by atoms with van der Waals surface area (Å²) in [6.45, 7) is 0. The van der Waals surface area contributed by atoms with Crippen LogP contribution in [0.15, 0.2) is 44.9 Å². The quantitative estimate of drug-likeness (QED) is 0.775. The zero-order chi connectivity index (χ0) is 11.8. The first kappa shape index (κ1) is 10.5. The Morgan fingerprint density at radius 2 is 2.29 bits per heavy atom. The lowest BCUT2D eigenvalue weighted by Crippen LogP contribution is -2.34. The average Bonchev–Trinajstić information content (AvgIpc) is 2.72. The summed E-state index contributed by atoms with van der Waals surface area (Å²) < 4.78 is 0.900. The van der Waals surface area contributed by atoms with Gasteiger partial charge < -0.3 is 5.73 Å². The van der Waals surface area contributed by atoms with E-state index < -0.39 is 0 Å². The van der Waals surface area contributed by atoms with Crippen molar-refractivity contribution < 1.29 is 0 Å². The number of anilines is 1. The summed E-state index contributed by atoms with van der Waals surface area (Å²) in [5, 5.41) is 1.79. The molecule has 1 unspecified atom stereocenters. The lowest BCUT2D eigenvalue weighted by molar-refractivity contribution is 0.384. The van der Waals surface area contributed by atoms with Gasteiger partial charge in [-0.05, 0) is 33.6 Å². The number of nitrogens with zero attached hydrogens (tertiary/aromatic N) is 3. The number of allylic oxidation sites excluding steroid dienone is 1. The van der Waals surface area contributed by atoms with Crippen molar-refractivity contribution in [2.24, 2.45) is 9.98 Å². The molecular weight excluding hydrogens is 282 g/mol. The van der Waals surface area contributed by atoms with Crippen LogP contribution in [0.5, 0.6) is 0 Å². The van der Waals surface area contributed by atoms with E-state index >= 15 is 0 Å². The van der Waals surface area contributed by atoms with E-state index in [0.29, 0.717) is 5.96 Å². The molecular formula is C11H10BrN5. The van der Waals surface area contributed by atoms with Gasteiger partial charge in [0.25, 0.3) is 0 Å². The zero-order valence-electron chi connectivity index (χ0n) is 8.84. The van der Waals surface area contributed by atoms with E-state index in [9.17, 15) is 0 Å². The SMILES string of the molecule is Nc1cccc(C2N=C3N=CC(Br)=CN3N2)c1. The molecule has 2 aliphatic heterocycles. The van der Waals surface area contributed by atoms with E-state index in [1.165, 1.54) is 0 Å².